The Morgan fingerprint density at radius 2 is 2.26 bits per heavy atom. The topological polar surface area (TPSA) is 46.6 Å². The number of unbranched alkanes of at least 4 members (excludes halogenated alkanes) is 1. The Hall–Kier alpha value is -0.900. The summed E-state index contributed by atoms with van der Waals surface area (Å²) in [6.45, 7) is 6.71. The molecule has 0 unspecified atom stereocenters. The maximum Gasteiger partial charge on any atom is 0.320 e. The lowest BCUT2D eigenvalue weighted by atomic mass is 9.65. The van der Waals surface area contributed by atoms with Crippen molar-refractivity contribution in [1.82, 2.24) is 4.90 Å². The number of rotatable bonds is 5. The van der Waals surface area contributed by atoms with E-state index in [1.807, 2.05) is 0 Å². The van der Waals surface area contributed by atoms with Crippen LogP contribution in [0.1, 0.15) is 46.0 Å². The number of carbonyl (C=O) groups is 2. The number of piperidine rings is 1. The molecule has 108 valence electrons. The second-order valence-electron chi connectivity index (χ2n) is 5.84. The van der Waals surface area contributed by atoms with E-state index in [9.17, 15) is 9.59 Å². The monoisotopic (exact) mass is 267 g/mol. The molecule has 1 saturated carbocycles. The summed E-state index contributed by atoms with van der Waals surface area (Å²) in [7, 11) is 0. The lowest BCUT2D eigenvalue weighted by molar-refractivity contribution is -0.170. The summed E-state index contributed by atoms with van der Waals surface area (Å²) in [5.41, 5.74) is -0.856. The molecule has 2 aliphatic rings. The molecule has 0 amide bonds. The molecule has 4 heteroatoms. The van der Waals surface area contributed by atoms with Gasteiger partial charge in [0.05, 0.1) is 6.61 Å². The van der Waals surface area contributed by atoms with Gasteiger partial charge in [-0.1, -0.05) is 19.8 Å². The van der Waals surface area contributed by atoms with Crippen LogP contribution >= 0.6 is 0 Å². The summed E-state index contributed by atoms with van der Waals surface area (Å²) in [4.78, 5) is 27.1. The molecule has 2 atom stereocenters. The molecule has 2 fully saturated rings. The molecule has 1 heterocycles. The van der Waals surface area contributed by atoms with Crippen molar-refractivity contribution in [2.45, 2.75) is 46.0 Å². The van der Waals surface area contributed by atoms with Gasteiger partial charge in [0.1, 0.15) is 5.41 Å². The summed E-state index contributed by atoms with van der Waals surface area (Å²) in [5, 5.41) is 0. The lowest BCUT2D eigenvalue weighted by Gasteiger charge is -2.46. The predicted octanol–water partition coefficient (Wildman–Crippen LogP) is 2.02. The minimum absolute atomic E-state index is 0.0452. The average molecular weight is 267 g/mol. The third kappa shape index (κ3) is 2.69. The van der Waals surface area contributed by atoms with E-state index in [0.717, 1.165) is 38.8 Å². The molecule has 1 aliphatic heterocycles. The van der Waals surface area contributed by atoms with Crippen LogP contribution in [0.25, 0.3) is 0 Å². The lowest BCUT2D eigenvalue weighted by Crippen LogP contribution is -2.60. The molecule has 0 N–H and O–H groups in total. The van der Waals surface area contributed by atoms with Gasteiger partial charge in [0.25, 0.3) is 0 Å². The van der Waals surface area contributed by atoms with Crippen molar-refractivity contribution < 1.29 is 14.3 Å². The van der Waals surface area contributed by atoms with Crippen LogP contribution in [0.4, 0.5) is 0 Å². The van der Waals surface area contributed by atoms with Crippen LogP contribution in [0.3, 0.4) is 0 Å². The van der Waals surface area contributed by atoms with Gasteiger partial charge in [-0.2, -0.15) is 0 Å². The third-order valence-corrected chi connectivity index (χ3v) is 4.46. The van der Waals surface area contributed by atoms with Crippen molar-refractivity contribution in [3.8, 4) is 0 Å². The second-order valence-corrected chi connectivity index (χ2v) is 5.84. The van der Waals surface area contributed by atoms with E-state index in [1.165, 1.54) is 0 Å². The second kappa shape index (κ2) is 6.04. The van der Waals surface area contributed by atoms with E-state index in [-0.39, 0.29) is 17.7 Å². The van der Waals surface area contributed by atoms with Crippen molar-refractivity contribution in [1.29, 1.82) is 0 Å². The maximum atomic E-state index is 12.5. The number of hydrogen-bond acceptors (Lipinski definition) is 4. The van der Waals surface area contributed by atoms with Crippen LogP contribution in [0.5, 0.6) is 0 Å². The van der Waals surface area contributed by atoms with E-state index >= 15 is 0 Å². The number of ketones is 1. The zero-order valence-corrected chi connectivity index (χ0v) is 12.1. The highest BCUT2D eigenvalue weighted by atomic mass is 16.5. The Balaban J connectivity index is 2.16. The summed E-state index contributed by atoms with van der Waals surface area (Å²) < 4.78 is 5.19. The van der Waals surface area contributed by atoms with Gasteiger partial charge in [-0.05, 0) is 32.7 Å². The summed E-state index contributed by atoms with van der Waals surface area (Å²) in [5.74, 6) is -0.0976. The van der Waals surface area contributed by atoms with Crippen molar-refractivity contribution in [3.63, 3.8) is 0 Å². The zero-order chi connectivity index (χ0) is 13.9. The molecule has 0 radical (unpaired) electrons. The number of esters is 1. The Kier molecular flexibility index (Phi) is 4.61. The zero-order valence-electron chi connectivity index (χ0n) is 12.1. The van der Waals surface area contributed by atoms with Crippen LogP contribution in [-0.4, -0.2) is 42.9 Å². The van der Waals surface area contributed by atoms with Crippen LogP contribution < -0.4 is 0 Å². The highest BCUT2D eigenvalue weighted by Gasteiger charge is 2.55. The van der Waals surface area contributed by atoms with Gasteiger partial charge >= 0.3 is 5.97 Å². The highest BCUT2D eigenvalue weighted by molar-refractivity contribution is 6.06. The third-order valence-electron chi connectivity index (χ3n) is 4.46. The Morgan fingerprint density at radius 3 is 2.95 bits per heavy atom. The number of Topliss-reactive ketones (excluding diaryl/α,β-unsaturated/α-hetero) is 1. The molecule has 4 nitrogen and oxygen atoms in total. The van der Waals surface area contributed by atoms with Crippen molar-refractivity contribution in [3.05, 3.63) is 0 Å². The normalized spacial score (nSPS) is 31.3. The largest absolute Gasteiger partial charge is 0.465 e. The number of carbonyl (C=O) groups excluding carboxylic acids is 2. The molecule has 0 aromatic heterocycles. The Morgan fingerprint density at radius 1 is 1.47 bits per heavy atom. The molecule has 1 aliphatic carbocycles. The van der Waals surface area contributed by atoms with Gasteiger partial charge in [-0.25, -0.2) is 0 Å². The number of hydrogen-bond donors (Lipinski definition) is 0. The number of ether oxygens (including phenoxy) is 1. The molecule has 2 rings (SSSR count). The van der Waals surface area contributed by atoms with E-state index in [0.29, 0.717) is 19.6 Å². The minimum atomic E-state index is -0.856. The Labute approximate surface area is 115 Å². The summed E-state index contributed by atoms with van der Waals surface area (Å²) in [6, 6.07) is 0. The van der Waals surface area contributed by atoms with Gasteiger partial charge in [0.15, 0.2) is 5.78 Å². The summed E-state index contributed by atoms with van der Waals surface area (Å²) in [6.07, 6.45) is 4.84. The van der Waals surface area contributed by atoms with Gasteiger partial charge in [0.2, 0.25) is 0 Å². The fraction of sp³-hybridized carbons (Fsp3) is 0.867. The molecule has 0 aromatic carbocycles. The van der Waals surface area contributed by atoms with Crippen molar-refractivity contribution in [2.24, 2.45) is 11.3 Å². The van der Waals surface area contributed by atoms with Crippen molar-refractivity contribution >= 4 is 11.8 Å². The molecular weight excluding hydrogens is 242 g/mol. The van der Waals surface area contributed by atoms with Crippen LogP contribution in [0.15, 0.2) is 0 Å². The van der Waals surface area contributed by atoms with E-state index in [2.05, 4.69) is 11.8 Å². The fourth-order valence-corrected chi connectivity index (χ4v) is 3.47. The maximum absolute atomic E-state index is 12.5. The van der Waals surface area contributed by atoms with Gasteiger partial charge in [-0.3, -0.25) is 9.59 Å². The van der Waals surface area contributed by atoms with E-state index in [1.54, 1.807) is 6.92 Å². The van der Waals surface area contributed by atoms with Crippen LogP contribution in [0, 0.1) is 11.3 Å². The Bertz CT molecular complexity index is 355. The summed E-state index contributed by atoms with van der Waals surface area (Å²) >= 11 is 0. The first-order valence-electron chi connectivity index (χ1n) is 7.58. The number of nitrogens with zero attached hydrogens (tertiary/aromatic N) is 1. The first-order valence-corrected chi connectivity index (χ1v) is 7.58. The quantitative estimate of drug-likeness (QED) is 0.565. The standard InChI is InChI=1S/C15H25NO3/c1-3-5-9-16-10-12-7-6-8-15(11-16,13(12)17)14(18)19-4-2/h12H,3-11H2,1-2H3/t12-,15-/m1/s1. The molecular formula is C15H25NO3. The van der Waals surface area contributed by atoms with Crippen LogP contribution in [-0.2, 0) is 14.3 Å². The minimum Gasteiger partial charge on any atom is -0.465 e. The first-order chi connectivity index (χ1) is 9.14. The SMILES string of the molecule is CCCCN1C[C@H]2CCC[C@@](C(=O)OCC)(C1)C2=O. The van der Waals surface area contributed by atoms with Gasteiger partial charge in [-0.15, -0.1) is 0 Å². The van der Waals surface area contributed by atoms with Gasteiger partial charge < -0.3 is 9.64 Å². The molecule has 1 saturated heterocycles. The van der Waals surface area contributed by atoms with E-state index < -0.39 is 5.41 Å². The predicted molar refractivity (Wildman–Crippen MR) is 72.8 cm³/mol. The molecule has 19 heavy (non-hydrogen) atoms. The van der Waals surface area contributed by atoms with E-state index in [4.69, 9.17) is 4.74 Å². The highest BCUT2D eigenvalue weighted by Crippen LogP contribution is 2.42. The van der Waals surface area contributed by atoms with Crippen LogP contribution in [0.2, 0.25) is 0 Å². The average Bonchev–Trinajstić information content (AvgIpc) is 2.37. The molecule has 0 spiro atoms. The smallest absolute Gasteiger partial charge is 0.320 e. The van der Waals surface area contributed by atoms with Crippen molar-refractivity contribution in [2.75, 3.05) is 26.2 Å². The first kappa shape index (κ1) is 14.5. The van der Waals surface area contributed by atoms with Gasteiger partial charge in [0, 0.05) is 19.0 Å². The molecule has 0 aromatic rings. The molecule has 2 bridgehead atoms. The fourth-order valence-electron chi connectivity index (χ4n) is 3.47. The number of likely N-dealkylation sites (tertiary alicyclic amines) is 1. The number of fused-ring (bicyclic) bond motifs is 2.